The van der Waals surface area contributed by atoms with Gasteiger partial charge in [0.2, 0.25) is 0 Å². The van der Waals surface area contributed by atoms with Crippen LogP contribution in [0.2, 0.25) is 0 Å². The summed E-state index contributed by atoms with van der Waals surface area (Å²) in [5.74, 6) is 3.41. The number of rotatable bonds is 11. The maximum atomic E-state index is 10.8. The van der Waals surface area contributed by atoms with E-state index in [4.69, 9.17) is 9.47 Å². The van der Waals surface area contributed by atoms with Crippen LogP contribution in [0.15, 0.2) is 48.5 Å². The van der Waals surface area contributed by atoms with E-state index in [1.807, 2.05) is 45.3 Å². The quantitative estimate of drug-likeness (QED) is 0.304. The van der Waals surface area contributed by atoms with E-state index in [1.165, 1.54) is 17.5 Å². The van der Waals surface area contributed by atoms with Crippen LogP contribution in [0.3, 0.4) is 0 Å². The fourth-order valence-electron chi connectivity index (χ4n) is 4.42. The van der Waals surface area contributed by atoms with Gasteiger partial charge in [-0.05, 0) is 94.2 Å². The Bertz CT molecular complexity index is 817. The topological polar surface area (TPSA) is 50.8 Å². The van der Waals surface area contributed by atoms with Gasteiger partial charge in [0.15, 0.2) is 0 Å². The average molecular weight is 539 g/mol. The maximum absolute atomic E-state index is 10.8. The first-order valence-corrected chi connectivity index (χ1v) is 12.7. The van der Waals surface area contributed by atoms with Gasteiger partial charge in [-0.1, -0.05) is 59.4 Å². The highest BCUT2D eigenvalue weighted by Gasteiger charge is 2.19. The molecule has 0 fully saturated rings. The summed E-state index contributed by atoms with van der Waals surface area (Å²) in [5.41, 5.74) is 2.57. The number of nitrogens with one attached hydrogen (secondary N) is 1. The number of aldehydes is 1. The van der Waals surface area contributed by atoms with Gasteiger partial charge in [-0.15, -0.1) is 12.4 Å². The molecule has 0 spiro atoms. The molecule has 4 unspecified atom stereocenters. The molecule has 0 aliphatic rings. The van der Waals surface area contributed by atoms with Gasteiger partial charge in [0.25, 0.3) is 0 Å². The molecule has 0 bridgehead atoms. The van der Waals surface area contributed by atoms with E-state index < -0.39 is 0 Å². The SMILES string of the molecule is C.CCC(c1cccc(OC)c1)C(C)C=O.CCC(c1cccc(OC)c1)C(C)CN(C)C.CNC.Cl. The Labute approximate surface area is 234 Å². The summed E-state index contributed by atoms with van der Waals surface area (Å²) < 4.78 is 10.5. The number of nitrogens with zero attached hydrogens (tertiary/aromatic N) is 1. The highest BCUT2D eigenvalue weighted by molar-refractivity contribution is 5.85. The van der Waals surface area contributed by atoms with Crippen molar-refractivity contribution in [2.45, 2.75) is 59.8 Å². The highest BCUT2D eigenvalue weighted by Crippen LogP contribution is 2.31. The van der Waals surface area contributed by atoms with Gasteiger partial charge >= 0.3 is 0 Å². The number of benzene rings is 2. The molecule has 0 aliphatic heterocycles. The molecule has 0 radical (unpaired) electrons. The molecule has 0 saturated carbocycles. The van der Waals surface area contributed by atoms with Gasteiger partial charge < -0.3 is 24.5 Å². The second kappa shape index (κ2) is 23.1. The van der Waals surface area contributed by atoms with Gasteiger partial charge in [0.1, 0.15) is 17.8 Å². The summed E-state index contributed by atoms with van der Waals surface area (Å²) in [6, 6.07) is 16.4. The first-order valence-electron chi connectivity index (χ1n) is 12.7. The van der Waals surface area contributed by atoms with Crippen LogP contribution < -0.4 is 14.8 Å². The van der Waals surface area contributed by atoms with E-state index in [-0.39, 0.29) is 31.7 Å². The molecule has 0 saturated heterocycles. The Morgan fingerprint density at radius 3 is 1.59 bits per heavy atom. The summed E-state index contributed by atoms with van der Waals surface area (Å²) in [6.07, 6.45) is 3.16. The Morgan fingerprint density at radius 2 is 1.27 bits per heavy atom. The molecular weight excluding hydrogens is 484 g/mol. The Morgan fingerprint density at radius 1 is 0.865 bits per heavy atom. The van der Waals surface area contributed by atoms with E-state index in [2.05, 4.69) is 69.3 Å². The standard InChI is InChI=1S/C15H25NO.C13H18O2.C2H7N.CH4.ClH/c1-6-15(12(2)11-16(3)4)13-8-7-9-14(10-13)17-5;1-4-13(10(2)9-14)11-6-5-7-12(8-11)15-3;1-3-2;;/h7-10,12,15H,6,11H2,1-5H3;5-10,13H,4H2,1-3H3;3H,1-2H3;1H4;1H. The molecule has 0 amide bonds. The molecule has 1 N–H and O–H groups in total. The summed E-state index contributed by atoms with van der Waals surface area (Å²) in [7, 11) is 11.4. The van der Waals surface area contributed by atoms with E-state index in [9.17, 15) is 4.79 Å². The minimum absolute atomic E-state index is 0. The predicted octanol–water partition coefficient (Wildman–Crippen LogP) is 7.30. The van der Waals surface area contributed by atoms with Crippen molar-refractivity contribution in [1.82, 2.24) is 10.2 Å². The first-order chi connectivity index (χ1) is 16.7. The van der Waals surface area contributed by atoms with Gasteiger partial charge in [-0.25, -0.2) is 0 Å². The molecule has 6 heteroatoms. The first kappa shape index (κ1) is 39.4. The van der Waals surface area contributed by atoms with E-state index >= 15 is 0 Å². The molecule has 2 aromatic rings. The number of hydrogen-bond donors (Lipinski definition) is 1. The summed E-state index contributed by atoms with van der Waals surface area (Å²) in [4.78, 5) is 13.1. The molecular formula is C31H55ClN2O3. The smallest absolute Gasteiger partial charge is 0.123 e. The Kier molecular flexibility index (Phi) is 24.6. The molecule has 5 nitrogen and oxygen atoms in total. The van der Waals surface area contributed by atoms with Crippen molar-refractivity contribution >= 4 is 18.7 Å². The third-order valence-corrected chi connectivity index (χ3v) is 6.11. The lowest BCUT2D eigenvalue weighted by molar-refractivity contribution is -0.111. The van der Waals surface area contributed by atoms with Crippen molar-refractivity contribution in [2.24, 2.45) is 11.8 Å². The fourth-order valence-corrected chi connectivity index (χ4v) is 4.42. The van der Waals surface area contributed by atoms with Gasteiger partial charge in [-0.3, -0.25) is 0 Å². The monoisotopic (exact) mass is 538 g/mol. The Balaban J connectivity index is -0.000000541. The number of methoxy groups -OCH3 is 2. The third kappa shape index (κ3) is 15.1. The van der Waals surface area contributed by atoms with Crippen molar-refractivity contribution in [3.8, 4) is 11.5 Å². The number of ether oxygens (including phenoxy) is 2. The third-order valence-electron chi connectivity index (χ3n) is 6.11. The molecule has 2 aromatic carbocycles. The van der Waals surface area contributed by atoms with Gasteiger partial charge in [0, 0.05) is 12.5 Å². The molecule has 37 heavy (non-hydrogen) atoms. The molecule has 4 atom stereocenters. The average Bonchev–Trinajstić information content (AvgIpc) is 2.85. The summed E-state index contributed by atoms with van der Waals surface area (Å²) >= 11 is 0. The summed E-state index contributed by atoms with van der Waals surface area (Å²) in [6.45, 7) is 9.77. The zero-order valence-electron chi connectivity index (χ0n) is 24.2. The minimum atomic E-state index is 0. The van der Waals surface area contributed by atoms with Crippen molar-refractivity contribution in [3.05, 3.63) is 59.7 Å². The van der Waals surface area contributed by atoms with Crippen LogP contribution in [0, 0.1) is 11.8 Å². The lowest BCUT2D eigenvalue weighted by Gasteiger charge is -2.26. The lowest BCUT2D eigenvalue weighted by atomic mass is 9.85. The van der Waals surface area contributed by atoms with Crippen molar-refractivity contribution in [3.63, 3.8) is 0 Å². The van der Waals surface area contributed by atoms with E-state index in [0.29, 0.717) is 11.8 Å². The minimum Gasteiger partial charge on any atom is -0.497 e. The van der Waals surface area contributed by atoms with Crippen LogP contribution in [0.1, 0.15) is 70.9 Å². The highest BCUT2D eigenvalue weighted by atomic mass is 35.5. The molecule has 0 heterocycles. The van der Waals surface area contributed by atoms with Crippen molar-refractivity contribution in [1.29, 1.82) is 0 Å². The number of carbonyl (C=O) groups excluding carboxylic acids is 1. The number of halogens is 1. The van der Waals surface area contributed by atoms with Crippen LogP contribution >= 0.6 is 12.4 Å². The van der Waals surface area contributed by atoms with E-state index in [1.54, 1.807) is 14.2 Å². The maximum Gasteiger partial charge on any atom is 0.123 e. The van der Waals surface area contributed by atoms with Crippen LogP contribution in [-0.4, -0.2) is 60.1 Å². The zero-order valence-corrected chi connectivity index (χ0v) is 25.0. The molecule has 0 aromatic heterocycles. The predicted molar refractivity (Wildman–Crippen MR) is 164 cm³/mol. The second-order valence-corrected chi connectivity index (χ2v) is 9.32. The normalized spacial score (nSPS) is 13.1. The van der Waals surface area contributed by atoms with Gasteiger partial charge in [0.05, 0.1) is 14.2 Å². The van der Waals surface area contributed by atoms with E-state index in [0.717, 1.165) is 30.8 Å². The van der Waals surface area contributed by atoms with Crippen LogP contribution in [0.25, 0.3) is 0 Å². The lowest BCUT2D eigenvalue weighted by Crippen LogP contribution is -2.24. The Hall–Kier alpha value is -2.08. The largest absolute Gasteiger partial charge is 0.497 e. The van der Waals surface area contributed by atoms with Crippen molar-refractivity contribution in [2.75, 3.05) is 49.0 Å². The van der Waals surface area contributed by atoms with Crippen molar-refractivity contribution < 1.29 is 14.3 Å². The van der Waals surface area contributed by atoms with Gasteiger partial charge in [-0.2, -0.15) is 0 Å². The number of carbonyl (C=O) groups is 1. The number of hydrogen-bond acceptors (Lipinski definition) is 5. The fraction of sp³-hybridized carbons (Fsp3) is 0.581. The summed E-state index contributed by atoms with van der Waals surface area (Å²) in [5, 5.41) is 2.75. The van der Waals surface area contributed by atoms with Crippen LogP contribution in [0.4, 0.5) is 0 Å². The van der Waals surface area contributed by atoms with Crippen LogP contribution in [-0.2, 0) is 4.79 Å². The molecule has 0 aliphatic carbocycles. The molecule has 214 valence electrons. The molecule has 2 rings (SSSR count). The van der Waals surface area contributed by atoms with Crippen LogP contribution in [0.5, 0.6) is 11.5 Å². The second-order valence-electron chi connectivity index (χ2n) is 9.32. The zero-order chi connectivity index (χ0) is 26.8.